The molecule has 0 spiro atoms. The summed E-state index contributed by atoms with van der Waals surface area (Å²) >= 11 is 0. The molecule has 0 amide bonds. The van der Waals surface area contributed by atoms with E-state index < -0.39 is 0 Å². The number of anilines is 1. The molecule has 1 aliphatic carbocycles. The third-order valence-corrected chi connectivity index (χ3v) is 5.00. The van der Waals surface area contributed by atoms with Gasteiger partial charge >= 0.3 is 0 Å². The normalized spacial score (nSPS) is 17.0. The second kappa shape index (κ2) is 11.6. The number of aromatic amines is 1. The molecule has 32 heavy (non-hydrogen) atoms. The maximum atomic E-state index is 8.36. The van der Waals surface area contributed by atoms with E-state index in [4.69, 9.17) is 25.6 Å². The molecule has 2 aromatic rings. The van der Waals surface area contributed by atoms with Crippen LogP contribution in [-0.4, -0.2) is 44.8 Å². The smallest absolute Gasteiger partial charge is 0.290 e. The molecule has 8 nitrogen and oxygen atoms in total. The van der Waals surface area contributed by atoms with Gasteiger partial charge in [-0.1, -0.05) is 39.2 Å². The maximum Gasteiger partial charge on any atom is 0.290 e. The third-order valence-electron chi connectivity index (χ3n) is 5.00. The zero-order valence-electron chi connectivity index (χ0n) is 19.0. The van der Waals surface area contributed by atoms with E-state index in [0.29, 0.717) is 5.92 Å². The Hall–Kier alpha value is -3.68. The van der Waals surface area contributed by atoms with Crippen molar-refractivity contribution in [3.05, 3.63) is 66.4 Å². The second-order valence-electron chi connectivity index (χ2n) is 7.29. The Morgan fingerprint density at radius 2 is 2.00 bits per heavy atom. The Kier molecular flexibility index (Phi) is 8.95. The van der Waals surface area contributed by atoms with E-state index in [1.54, 1.807) is 12.3 Å². The fourth-order valence-electron chi connectivity index (χ4n) is 3.49. The van der Waals surface area contributed by atoms with Gasteiger partial charge in [-0.15, -0.1) is 0 Å². The average molecular weight is 437 g/mol. The summed E-state index contributed by atoms with van der Waals surface area (Å²) in [6, 6.07) is 2.01. The number of nitrogens with one attached hydrogen (secondary N) is 1. The minimum Gasteiger partial charge on any atom is -0.483 e. The lowest BCUT2D eigenvalue weighted by Gasteiger charge is -2.18. The molecule has 0 atom stereocenters. The minimum atomic E-state index is -0.250. The Morgan fingerprint density at radius 3 is 2.53 bits per heavy atom. The maximum absolute atomic E-state index is 8.36. The molecular formula is C24H32N6O2. The largest absolute Gasteiger partial charge is 0.483 e. The highest BCUT2D eigenvalue weighted by Gasteiger charge is 2.31. The van der Waals surface area contributed by atoms with Crippen molar-refractivity contribution in [3.63, 3.8) is 0 Å². The number of H-pyrrole nitrogens is 1. The molecule has 0 unspecified atom stereocenters. The van der Waals surface area contributed by atoms with Crippen LogP contribution in [0, 0.1) is 5.92 Å². The van der Waals surface area contributed by atoms with Gasteiger partial charge in [-0.3, -0.25) is 9.89 Å². The van der Waals surface area contributed by atoms with Gasteiger partial charge in [0.1, 0.15) is 5.82 Å². The van der Waals surface area contributed by atoms with Crippen molar-refractivity contribution < 1.29 is 9.90 Å². The van der Waals surface area contributed by atoms with Crippen LogP contribution in [0.25, 0.3) is 16.8 Å². The van der Waals surface area contributed by atoms with Crippen LogP contribution in [0.2, 0.25) is 0 Å². The van der Waals surface area contributed by atoms with Crippen LogP contribution in [-0.2, 0) is 4.79 Å². The first kappa shape index (κ1) is 24.6. The predicted octanol–water partition coefficient (Wildman–Crippen LogP) is 4.18. The standard InChI is InChI=1S/C21H24N6.C2H6.CH2O2/c1-4-5-16-12-27(11-13(16)2)19-8-18(17-9-23-24-10-17)25-21(26-19)20(14(3)22)15-6-7-15;1-2;2-1-3/h4-5,8-10,15H,1-2,6-7,11-12,22H2,3H3,(H,23,24);1-2H3;1H,(H,2,3)/b16-5-,20-14-;;. The van der Waals surface area contributed by atoms with E-state index in [1.807, 2.05) is 39.1 Å². The van der Waals surface area contributed by atoms with Gasteiger partial charge in [0.25, 0.3) is 6.47 Å². The molecule has 4 N–H and O–H groups in total. The van der Waals surface area contributed by atoms with Crippen LogP contribution in [0.4, 0.5) is 5.82 Å². The van der Waals surface area contributed by atoms with Crippen molar-refractivity contribution in [1.29, 1.82) is 0 Å². The first-order chi connectivity index (χ1) is 15.5. The summed E-state index contributed by atoms with van der Waals surface area (Å²) in [5, 5.41) is 13.8. The lowest BCUT2D eigenvalue weighted by molar-refractivity contribution is -0.122. The average Bonchev–Trinajstić information content (AvgIpc) is 3.30. The highest BCUT2D eigenvalue weighted by molar-refractivity contribution is 5.71. The van der Waals surface area contributed by atoms with Crippen LogP contribution in [0.1, 0.15) is 39.4 Å². The van der Waals surface area contributed by atoms with Gasteiger partial charge in [-0.05, 0) is 36.8 Å². The molecule has 2 aromatic heterocycles. The molecule has 2 fully saturated rings. The van der Waals surface area contributed by atoms with Crippen LogP contribution in [0.3, 0.4) is 0 Å². The number of nitrogens with two attached hydrogens (primary N) is 1. The molecule has 1 aliphatic heterocycles. The van der Waals surface area contributed by atoms with E-state index in [1.165, 1.54) is 5.57 Å². The number of aromatic nitrogens is 4. The fourth-order valence-corrected chi connectivity index (χ4v) is 3.49. The number of hydrogen-bond acceptors (Lipinski definition) is 6. The predicted molar refractivity (Wildman–Crippen MR) is 129 cm³/mol. The third kappa shape index (κ3) is 5.94. The number of carbonyl (C=O) groups is 1. The molecule has 4 rings (SSSR count). The SMILES string of the molecule is C=C/C=C1/CN(c2cc(-c3cn[nH]c3)nc(/C(=C(/C)N)C3CC3)n2)CC1=C.CC.O=CO. The van der Waals surface area contributed by atoms with Crippen molar-refractivity contribution in [2.24, 2.45) is 11.7 Å². The number of carboxylic acid groups (broad SMARTS) is 1. The van der Waals surface area contributed by atoms with Crippen LogP contribution in [0.5, 0.6) is 0 Å². The number of rotatable bonds is 5. The molecule has 0 radical (unpaired) electrons. The molecule has 2 aliphatic rings. The van der Waals surface area contributed by atoms with E-state index in [9.17, 15) is 0 Å². The van der Waals surface area contributed by atoms with E-state index in [0.717, 1.165) is 65.7 Å². The van der Waals surface area contributed by atoms with Crippen molar-refractivity contribution in [1.82, 2.24) is 20.2 Å². The highest BCUT2D eigenvalue weighted by Crippen LogP contribution is 2.42. The van der Waals surface area contributed by atoms with Gasteiger partial charge in [0, 0.05) is 42.2 Å². The fraction of sp³-hybridized carbons (Fsp3) is 0.333. The summed E-state index contributed by atoms with van der Waals surface area (Å²) in [6.45, 7) is 15.2. The van der Waals surface area contributed by atoms with Gasteiger partial charge in [0.2, 0.25) is 0 Å². The molecule has 1 saturated carbocycles. The zero-order chi connectivity index (χ0) is 23.7. The molecule has 0 bridgehead atoms. The lowest BCUT2D eigenvalue weighted by atomic mass is 10.1. The molecule has 3 heterocycles. The molecule has 0 aromatic carbocycles. The Bertz CT molecular complexity index is 1000. The van der Waals surface area contributed by atoms with Crippen molar-refractivity contribution in [3.8, 4) is 11.3 Å². The van der Waals surface area contributed by atoms with Gasteiger partial charge in [0.05, 0.1) is 11.9 Å². The summed E-state index contributed by atoms with van der Waals surface area (Å²) in [4.78, 5) is 20.3. The van der Waals surface area contributed by atoms with E-state index in [-0.39, 0.29) is 6.47 Å². The number of nitrogens with zero attached hydrogens (tertiary/aromatic N) is 4. The second-order valence-corrected chi connectivity index (χ2v) is 7.29. The summed E-state index contributed by atoms with van der Waals surface area (Å²) < 4.78 is 0. The van der Waals surface area contributed by atoms with Crippen molar-refractivity contribution in [2.45, 2.75) is 33.6 Å². The van der Waals surface area contributed by atoms with Gasteiger partial charge in [0.15, 0.2) is 5.82 Å². The van der Waals surface area contributed by atoms with Gasteiger partial charge in [-0.2, -0.15) is 5.10 Å². The van der Waals surface area contributed by atoms with Gasteiger partial charge in [-0.25, -0.2) is 9.97 Å². The molecular weight excluding hydrogens is 404 g/mol. The Balaban J connectivity index is 0.000000671. The summed E-state index contributed by atoms with van der Waals surface area (Å²) in [6.07, 6.45) is 9.73. The molecule has 170 valence electrons. The van der Waals surface area contributed by atoms with E-state index >= 15 is 0 Å². The van der Waals surface area contributed by atoms with E-state index in [2.05, 4.69) is 28.3 Å². The number of allylic oxidation sites excluding steroid dienone is 4. The van der Waals surface area contributed by atoms with Crippen molar-refractivity contribution >= 4 is 17.9 Å². The summed E-state index contributed by atoms with van der Waals surface area (Å²) in [5.74, 6) is 2.06. The topological polar surface area (TPSA) is 121 Å². The Labute approximate surface area is 189 Å². The molecule has 1 saturated heterocycles. The number of hydrogen-bond donors (Lipinski definition) is 3. The van der Waals surface area contributed by atoms with Crippen LogP contribution < -0.4 is 10.6 Å². The summed E-state index contributed by atoms with van der Waals surface area (Å²) in [7, 11) is 0. The highest BCUT2D eigenvalue weighted by atomic mass is 16.3. The first-order valence-corrected chi connectivity index (χ1v) is 10.7. The zero-order valence-corrected chi connectivity index (χ0v) is 19.0. The van der Waals surface area contributed by atoms with Crippen LogP contribution in [0.15, 0.2) is 60.6 Å². The first-order valence-electron chi connectivity index (χ1n) is 10.7. The van der Waals surface area contributed by atoms with Crippen LogP contribution >= 0.6 is 0 Å². The Morgan fingerprint density at radius 1 is 1.31 bits per heavy atom. The van der Waals surface area contributed by atoms with Gasteiger partial charge < -0.3 is 15.7 Å². The quantitative estimate of drug-likeness (QED) is 0.601. The summed E-state index contributed by atoms with van der Waals surface area (Å²) in [5.41, 5.74) is 12.1. The lowest BCUT2D eigenvalue weighted by Crippen LogP contribution is -2.21. The monoisotopic (exact) mass is 436 g/mol. The van der Waals surface area contributed by atoms with Crippen molar-refractivity contribution in [2.75, 3.05) is 18.0 Å². The minimum absolute atomic E-state index is 0.250. The molecule has 8 heteroatoms.